The summed E-state index contributed by atoms with van der Waals surface area (Å²) in [7, 11) is 0. The van der Waals surface area contributed by atoms with Crippen molar-refractivity contribution in [3.05, 3.63) is 34.9 Å². The van der Waals surface area contributed by atoms with Crippen LogP contribution in [0.1, 0.15) is 38.8 Å². The topological polar surface area (TPSA) is 21.3 Å². The quantitative estimate of drug-likeness (QED) is 0.800. The van der Waals surface area contributed by atoms with Crippen LogP contribution in [-0.4, -0.2) is 19.3 Å². The van der Waals surface area contributed by atoms with E-state index in [2.05, 4.69) is 38.2 Å². The molecule has 0 aliphatic rings. The molecule has 1 rings (SSSR count). The minimum Gasteiger partial charge on any atom is -0.377 e. The van der Waals surface area contributed by atoms with E-state index in [0.717, 1.165) is 18.0 Å². The zero-order chi connectivity index (χ0) is 12.7. The Hall–Kier alpha value is -0.570. The molecule has 1 unspecified atom stereocenters. The van der Waals surface area contributed by atoms with E-state index in [1.165, 1.54) is 5.56 Å². The average Bonchev–Trinajstić information content (AvgIpc) is 2.30. The van der Waals surface area contributed by atoms with E-state index in [0.29, 0.717) is 6.61 Å². The van der Waals surface area contributed by atoms with Crippen molar-refractivity contribution in [1.29, 1.82) is 0 Å². The van der Waals surface area contributed by atoms with Crippen LogP contribution in [0.3, 0.4) is 0 Å². The van der Waals surface area contributed by atoms with E-state index in [4.69, 9.17) is 16.3 Å². The molecule has 1 atom stereocenters. The van der Waals surface area contributed by atoms with Gasteiger partial charge in [0.05, 0.1) is 18.8 Å². The van der Waals surface area contributed by atoms with E-state index in [1.54, 1.807) is 0 Å². The van der Waals surface area contributed by atoms with Crippen molar-refractivity contribution < 1.29 is 4.74 Å². The lowest BCUT2D eigenvalue weighted by Crippen LogP contribution is -2.27. The molecule has 3 heteroatoms. The fraction of sp³-hybridized carbons (Fsp3) is 0.571. The molecule has 0 amide bonds. The molecule has 1 aromatic rings. The zero-order valence-electron chi connectivity index (χ0n) is 10.9. The molecule has 17 heavy (non-hydrogen) atoms. The van der Waals surface area contributed by atoms with Crippen LogP contribution in [0.25, 0.3) is 0 Å². The third-order valence-electron chi connectivity index (χ3n) is 2.51. The molecule has 96 valence electrons. The minimum atomic E-state index is 0.245. The van der Waals surface area contributed by atoms with Crippen molar-refractivity contribution in [2.45, 2.75) is 39.3 Å². The second-order valence-corrected chi connectivity index (χ2v) is 4.88. The summed E-state index contributed by atoms with van der Waals surface area (Å²) >= 11 is 5.90. The number of rotatable bonds is 7. The number of hydrogen-bond acceptors (Lipinski definition) is 2. The van der Waals surface area contributed by atoms with Crippen LogP contribution in [0.5, 0.6) is 0 Å². The van der Waals surface area contributed by atoms with Crippen LogP contribution < -0.4 is 5.32 Å². The summed E-state index contributed by atoms with van der Waals surface area (Å²) in [5.41, 5.74) is 1.23. The normalized spacial score (nSPS) is 13.0. The van der Waals surface area contributed by atoms with Crippen molar-refractivity contribution in [3.63, 3.8) is 0 Å². The predicted molar refractivity (Wildman–Crippen MR) is 73.6 cm³/mol. The molecule has 1 aromatic carbocycles. The van der Waals surface area contributed by atoms with Gasteiger partial charge in [0.2, 0.25) is 0 Å². The summed E-state index contributed by atoms with van der Waals surface area (Å²) in [5, 5.41) is 4.26. The number of benzene rings is 1. The van der Waals surface area contributed by atoms with Gasteiger partial charge in [-0.25, -0.2) is 0 Å². The SMILES string of the molecule is CCCNC(COC(C)C)c1ccc(Cl)cc1. The van der Waals surface area contributed by atoms with Gasteiger partial charge < -0.3 is 10.1 Å². The molecule has 2 nitrogen and oxygen atoms in total. The van der Waals surface area contributed by atoms with Gasteiger partial charge in [-0.2, -0.15) is 0 Å². The molecule has 0 radical (unpaired) electrons. The monoisotopic (exact) mass is 255 g/mol. The average molecular weight is 256 g/mol. The maximum absolute atomic E-state index is 5.90. The number of ether oxygens (including phenoxy) is 1. The van der Waals surface area contributed by atoms with Gasteiger partial charge in [0.1, 0.15) is 0 Å². The largest absolute Gasteiger partial charge is 0.377 e. The lowest BCUT2D eigenvalue weighted by Gasteiger charge is -2.20. The van der Waals surface area contributed by atoms with Crippen LogP contribution in [-0.2, 0) is 4.74 Å². The van der Waals surface area contributed by atoms with Gasteiger partial charge in [-0.1, -0.05) is 30.7 Å². The van der Waals surface area contributed by atoms with Crippen LogP contribution in [0.15, 0.2) is 24.3 Å². The van der Waals surface area contributed by atoms with E-state index < -0.39 is 0 Å². The standard InChI is InChI=1S/C14H22ClNO/c1-4-9-16-14(10-17-11(2)3)12-5-7-13(15)8-6-12/h5-8,11,14,16H,4,9-10H2,1-3H3. The first-order valence-electron chi connectivity index (χ1n) is 6.24. The van der Waals surface area contributed by atoms with E-state index >= 15 is 0 Å². The van der Waals surface area contributed by atoms with Gasteiger partial charge in [0, 0.05) is 5.02 Å². The van der Waals surface area contributed by atoms with Crippen molar-refractivity contribution in [2.24, 2.45) is 0 Å². The maximum atomic E-state index is 5.90. The summed E-state index contributed by atoms with van der Waals surface area (Å²) in [6.07, 6.45) is 1.37. The molecule has 0 heterocycles. The van der Waals surface area contributed by atoms with Crippen molar-refractivity contribution in [3.8, 4) is 0 Å². The molecule has 0 saturated carbocycles. The first-order chi connectivity index (χ1) is 8.13. The summed E-state index contributed by atoms with van der Waals surface area (Å²) in [5.74, 6) is 0. The van der Waals surface area contributed by atoms with Crippen LogP contribution in [0, 0.1) is 0 Å². The third kappa shape index (κ3) is 5.53. The van der Waals surface area contributed by atoms with Gasteiger partial charge in [-0.05, 0) is 44.5 Å². The van der Waals surface area contributed by atoms with Gasteiger partial charge >= 0.3 is 0 Å². The molecule has 0 saturated heterocycles. The Labute approximate surface area is 109 Å². The van der Waals surface area contributed by atoms with E-state index in [-0.39, 0.29) is 12.1 Å². The highest BCUT2D eigenvalue weighted by Crippen LogP contribution is 2.17. The zero-order valence-corrected chi connectivity index (χ0v) is 11.6. The molecule has 0 aliphatic heterocycles. The Bertz CT molecular complexity index is 311. The Morgan fingerprint density at radius 3 is 2.41 bits per heavy atom. The fourth-order valence-corrected chi connectivity index (χ4v) is 1.70. The predicted octanol–water partition coefficient (Wildman–Crippen LogP) is 3.81. The van der Waals surface area contributed by atoms with Crippen molar-refractivity contribution in [1.82, 2.24) is 5.32 Å². The van der Waals surface area contributed by atoms with E-state index in [1.807, 2.05) is 12.1 Å². The van der Waals surface area contributed by atoms with Crippen LogP contribution >= 0.6 is 11.6 Å². The second-order valence-electron chi connectivity index (χ2n) is 4.44. The molecular weight excluding hydrogens is 234 g/mol. The Morgan fingerprint density at radius 2 is 1.88 bits per heavy atom. The summed E-state index contributed by atoms with van der Waals surface area (Å²) in [6.45, 7) is 7.96. The first-order valence-corrected chi connectivity index (χ1v) is 6.61. The summed E-state index contributed by atoms with van der Waals surface area (Å²) in [4.78, 5) is 0. The molecular formula is C14H22ClNO. The summed E-state index contributed by atoms with van der Waals surface area (Å²) < 4.78 is 5.69. The highest BCUT2D eigenvalue weighted by atomic mass is 35.5. The van der Waals surface area contributed by atoms with Crippen molar-refractivity contribution >= 4 is 11.6 Å². The number of nitrogens with one attached hydrogen (secondary N) is 1. The molecule has 0 spiro atoms. The van der Waals surface area contributed by atoms with Crippen LogP contribution in [0.2, 0.25) is 5.02 Å². The molecule has 1 N–H and O–H groups in total. The fourth-order valence-electron chi connectivity index (χ4n) is 1.58. The highest BCUT2D eigenvalue weighted by Gasteiger charge is 2.11. The Kier molecular flexibility index (Phi) is 6.56. The first kappa shape index (κ1) is 14.5. The van der Waals surface area contributed by atoms with E-state index in [9.17, 15) is 0 Å². The molecule has 0 bridgehead atoms. The van der Waals surface area contributed by atoms with Gasteiger partial charge in [0.15, 0.2) is 0 Å². The molecule has 0 aliphatic carbocycles. The van der Waals surface area contributed by atoms with Gasteiger partial charge in [-0.3, -0.25) is 0 Å². The Balaban J connectivity index is 2.63. The number of halogens is 1. The second kappa shape index (κ2) is 7.70. The lowest BCUT2D eigenvalue weighted by atomic mass is 10.1. The lowest BCUT2D eigenvalue weighted by molar-refractivity contribution is 0.0611. The Morgan fingerprint density at radius 1 is 1.24 bits per heavy atom. The summed E-state index contributed by atoms with van der Waals surface area (Å²) in [6, 6.07) is 8.20. The third-order valence-corrected chi connectivity index (χ3v) is 2.76. The smallest absolute Gasteiger partial charge is 0.0664 e. The number of hydrogen-bond donors (Lipinski definition) is 1. The minimum absolute atomic E-state index is 0.245. The van der Waals surface area contributed by atoms with Gasteiger partial charge in [0.25, 0.3) is 0 Å². The van der Waals surface area contributed by atoms with Gasteiger partial charge in [-0.15, -0.1) is 0 Å². The maximum Gasteiger partial charge on any atom is 0.0664 e. The van der Waals surface area contributed by atoms with Crippen molar-refractivity contribution in [2.75, 3.05) is 13.2 Å². The molecule has 0 fully saturated rings. The van der Waals surface area contributed by atoms with Crippen LogP contribution in [0.4, 0.5) is 0 Å². The molecule has 0 aromatic heterocycles. The highest BCUT2D eigenvalue weighted by molar-refractivity contribution is 6.30.